The summed E-state index contributed by atoms with van der Waals surface area (Å²) in [6, 6.07) is 9.90. The Morgan fingerprint density at radius 1 is 1.23 bits per heavy atom. The topological polar surface area (TPSA) is 40.5 Å². The fraction of sp³-hybridized carbons (Fsp3) is 0.455. The van der Waals surface area contributed by atoms with Gasteiger partial charge in [-0.25, -0.2) is 0 Å². The number of aliphatic hydroxyl groups is 2. The maximum Gasteiger partial charge on any atom is 0.0565 e. The van der Waals surface area contributed by atoms with E-state index in [4.69, 9.17) is 5.11 Å². The second-order valence-corrected chi connectivity index (χ2v) is 3.37. The van der Waals surface area contributed by atoms with Gasteiger partial charge in [-0.2, -0.15) is 0 Å². The van der Waals surface area contributed by atoms with E-state index in [0.29, 0.717) is 0 Å². The van der Waals surface area contributed by atoms with Gasteiger partial charge in [0.15, 0.2) is 0 Å². The number of hydrogen-bond donors (Lipinski definition) is 2. The van der Waals surface area contributed by atoms with Gasteiger partial charge in [0.25, 0.3) is 0 Å². The lowest BCUT2D eigenvalue weighted by molar-refractivity contribution is 0.0810. The van der Waals surface area contributed by atoms with E-state index in [1.165, 1.54) is 0 Å². The largest absolute Gasteiger partial charge is 0.396 e. The first-order valence-electron chi connectivity index (χ1n) is 4.57. The van der Waals surface area contributed by atoms with Gasteiger partial charge in [0.05, 0.1) is 6.10 Å². The van der Waals surface area contributed by atoms with Crippen molar-refractivity contribution in [3.63, 3.8) is 0 Å². The van der Waals surface area contributed by atoms with Crippen molar-refractivity contribution in [3.8, 4) is 0 Å². The maximum atomic E-state index is 9.31. The molecular formula is C11H16O2. The summed E-state index contributed by atoms with van der Waals surface area (Å²) >= 11 is 0. The number of rotatable bonds is 4. The van der Waals surface area contributed by atoms with Gasteiger partial charge in [-0.1, -0.05) is 30.3 Å². The van der Waals surface area contributed by atoms with Crippen LogP contribution in [0.25, 0.3) is 0 Å². The first kappa shape index (κ1) is 10.2. The Morgan fingerprint density at radius 3 is 2.31 bits per heavy atom. The SMILES string of the molecule is C[C@H](O)[C@@H](CO)Cc1ccccc1. The number of hydrogen-bond acceptors (Lipinski definition) is 2. The molecule has 2 heteroatoms. The van der Waals surface area contributed by atoms with Crippen LogP contribution in [0, 0.1) is 5.92 Å². The quantitative estimate of drug-likeness (QED) is 0.731. The van der Waals surface area contributed by atoms with Crippen LogP contribution in [0.5, 0.6) is 0 Å². The first-order valence-corrected chi connectivity index (χ1v) is 4.57. The zero-order valence-electron chi connectivity index (χ0n) is 7.85. The summed E-state index contributed by atoms with van der Waals surface area (Å²) < 4.78 is 0. The van der Waals surface area contributed by atoms with E-state index >= 15 is 0 Å². The van der Waals surface area contributed by atoms with Crippen LogP contribution in [0.3, 0.4) is 0 Å². The minimum Gasteiger partial charge on any atom is -0.396 e. The predicted octanol–water partition coefficient (Wildman–Crippen LogP) is 1.22. The van der Waals surface area contributed by atoms with E-state index in [2.05, 4.69) is 0 Å². The van der Waals surface area contributed by atoms with Crippen LogP contribution in [0.4, 0.5) is 0 Å². The Labute approximate surface area is 78.8 Å². The zero-order valence-corrected chi connectivity index (χ0v) is 7.85. The summed E-state index contributed by atoms with van der Waals surface area (Å²) in [7, 11) is 0. The maximum absolute atomic E-state index is 9.31. The molecule has 0 heterocycles. The zero-order chi connectivity index (χ0) is 9.68. The van der Waals surface area contributed by atoms with Crippen LogP contribution in [-0.2, 0) is 6.42 Å². The molecule has 0 fully saturated rings. The van der Waals surface area contributed by atoms with Crippen molar-refractivity contribution in [3.05, 3.63) is 35.9 Å². The van der Waals surface area contributed by atoms with E-state index in [-0.39, 0.29) is 12.5 Å². The summed E-state index contributed by atoms with van der Waals surface area (Å²) in [5, 5.41) is 18.3. The van der Waals surface area contributed by atoms with E-state index in [1.807, 2.05) is 30.3 Å². The summed E-state index contributed by atoms with van der Waals surface area (Å²) in [4.78, 5) is 0. The molecule has 13 heavy (non-hydrogen) atoms. The molecule has 0 aliphatic rings. The van der Waals surface area contributed by atoms with Crippen LogP contribution >= 0.6 is 0 Å². The third kappa shape index (κ3) is 3.17. The Kier molecular flexibility index (Phi) is 3.93. The van der Waals surface area contributed by atoms with Crippen molar-refractivity contribution in [1.29, 1.82) is 0 Å². The van der Waals surface area contributed by atoms with Crippen LogP contribution in [-0.4, -0.2) is 22.9 Å². The molecule has 0 spiro atoms. The Bertz CT molecular complexity index is 231. The Hall–Kier alpha value is -0.860. The van der Waals surface area contributed by atoms with Crippen molar-refractivity contribution in [1.82, 2.24) is 0 Å². The van der Waals surface area contributed by atoms with Crippen LogP contribution in [0.15, 0.2) is 30.3 Å². The monoisotopic (exact) mass is 180 g/mol. The molecule has 0 aliphatic heterocycles. The smallest absolute Gasteiger partial charge is 0.0565 e. The third-order valence-electron chi connectivity index (χ3n) is 2.26. The molecule has 0 saturated heterocycles. The summed E-state index contributed by atoms with van der Waals surface area (Å²) in [5.74, 6) is -0.0533. The molecule has 2 nitrogen and oxygen atoms in total. The molecule has 0 amide bonds. The minimum atomic E-state index is -0.454. The highest BCUT2D eigenvalue weighted by molar-refractivity contribution is 5.15. The van der Waals surface area contributed by atoms with E-state index in [1.54, 1.807) is 6.92 Å². The molecule has 1 aromatic rings. The second kappa shape index (κ2) is 5.00. The molecule has 1 aromatic carbocycles. The van der Waals surface area contributed by atoms with E-state index in [0.717, 1.165) is 12.0 Å². The van der Waals surface area contributed by atoms with Gasteiger partial charge in [0.2, 0.25) is 0 Å². The van der Waals surface area contributed by atoms with Gasteiger partial charge >= 0.3 is 0 Å². The Balaban J connectivity index is 2.57. The Morgan fingerprint density at radius 2 is 1.85 bits per heavy atom. The molecule has 0 aromatic heterocycles. The van der Waals surface area contributed by atoms with E-state index in [9.17, 15) is 5.11 Å². The highest BCUT2D eigenvalue weighted by atomic mass is 16.3. The van der Waals surface area contributed by atoms with Crippen LogP contribution in [0.2, 0.25) is 0 Å². The summed E-state index contributed by atoms with van der Waals surface area (Å²) in [5.41, 5.74) is 1.16. The summed E-state index contributed by atoms with van der Waals surface area (Å²) in [6.45, 7) is 1.75. The highest BCUT2D eigenvalue weighted by Gasteiger charge is 2.13. The molecule has 0 aliphatic carbocycles. The van der Waals surface area contributed by atoms with Crippen molar-refractivity contribution < 1.29 is 10.2 Å². The van der Waals surface area contributed by atoms with Gasteiger partial charge in [-0.05, 0) is 18.9 Å². The normalized spacial score (nSPS) is 15.3. The molecule has 2 N–H and O–H groups in total. The second-order valence-electron chi connectivity index (χ2n) is 3.37. The van der Waals surface area contributed by atoms with Gasteiger partial charge < -0.3 is 10.2 Å². The van der Waals surface area contributed by atoms with Crippen LogP contribution < -0.4 is 0 Å². The predicted molar refractivity (Wildman–Crippen MR) is 52.4 cm³/mol. The third-order valence-corrected chi connectivity index (χ3v) is 2.26. The van der Waals surface area contributed by atoms with Crippen LogP contribution in [0.1, 0.15) is 12.5 Å². The van der Waals surface area contributed by atoms with Gasteiger partial charge in [-0.15, -0.1) is 0 Å². The summed E-state index contributed by atoms with van der Waals surface area (Å²) in [6.07, 6.45) is 0.278. The molecule has 1 rings (SSSR count). The number of benzene rings is 1. The molecule has 72 valence electrons. The number of aliphatic hydroxyl groups excluding tert-OH is 2. The molecular weight excluding hydrogens is 164 g/mol. The van der Waals surface area contributed by atoms with E-state index < -0.39 is 6.10 Å². The first-order chi connectivity index (χ1) is 6.24. The lowest BCUT2D eigenvalue weighted by Crippen LogP contribution is -2.22. The average Bonchev–Trinajstić information content (AvgIpc) is 2.15. The van der Waals surface area contributed by atoms with Crippen molar-refractivity contribution in [2.24, 2.45) is 5.92 Å². The minimum absolute atomic E-state index is 0.0343. The van der Waals surface area contributed by atoms with Crippen molar-refractivity contribution in [2.75, 3.05) is 6.61 Å². The molecule has 0 unspecified atom stereocenters. The van der Waals surface area contributed by atoms with Crippen molar-refractivity contribution >= 4 is 0 Å². The molecule has 2 atom stereocenters. The lowest BCUT2D eigenvalue weighted by Gasteiger charge is -2.16. The van der Waals surface area contributed by atoms with Gasteiger partial charge in [0.1, 0.15) is 0 Å². The fourth-order valence-corrected chi connectivity index (χ4v) is 1.30. The molecule has 0 radical (unpaired) electrons. The van der Waals surface area contributed by atoms with Gasteiger partial charge in [-0.3, -0.25) is 0 Å². The highest BCUT2D eigenvalue weighted by Crippen LogP contribution is 2.11. The van der Waals surface area contributed by atoms with Crippen molar-refractivity contribution in [2.45, 2.75) is 19.4 Å². The lowest BCUT2D eigenvalue weighted by atomic mass is 9.96. The molecule has 0 saturated carbocycles. The average molecular weight is 180 g/mol. The fourth-order valence-electron chi connectivity index (χ4n) is 1.30. The molecule has 0 bridgehead atoms. The standard InChI is InChI=1S/C11H16O2/c1-9(13)11(8-12)7-10-5-3-2-4-6-10/h2-6,9,11-13H,7-8H2,1H3/t9-,11+/m0/s1. The van der Waals surface area contributed by atoms with Gasteiger partial charge in [0, 0.05) is 12.5 Å².